The van der Waals surface area contributed by atoms with Crippen molar-refractivity contribution >= 4 is 10.9 Å². The molecule has 3 rings (SSSR count). The molecule has 0 amide bonds. The number of nitrogens with zero attached hydrogens (tertiary/aromatic N) is 3. The smallest absolute Gasteiger partial charge is 0.325 e. The normalized spacial score (nSPS) is 11.8. The van der Waals surface area contributed by atoms with Gasteiger partial charge in [-0.25, -0.2) is 9.36 Å². The third-order valence-electron chi connectivity index (χ3n) is 5.46. The Morgan fingerprint density at radius 3 is 2.15 bits per heavy atom. The number of benzene rings is 2. The van der Waals surface area contributed by atoms with E-state index in [1.807, 2.05) is 36.4 Å². The van der Waals surface area contributed by atoms with E-state index in [1.54, 1.807) is 22.8 Å². The van der Waals surface area contributed by atoms with E-state index < -0.39 is 0 Å². The van der Waals surface area contributed by atoms with Crippen molar-refractivity contribution in [1.29, 1.82) is 0 Å². The molecule has 0 saturated heterocycles. The summed E-state index contributed by atoms with van der Waals surface area (Å²) in [5, 5.41) is 0.568. The Bertz CT molecular complexity index is 1010. The van der Waals surface area contributed by atoms with Gasteiger partial charge >= 0.3 is 5.69 Å². The maximum Gasteiger partial charge on any atom is 0.336 e. The highest BCUT2D eigenvalue weighted by atomic mass is 16.2. The zero-order chi connectivity index (χ0) is 18.7. The van der Waals surface area contributed by atoms with Crippen LogP contribution in [0.15, 0.2) is 64.2 Å². The minimum Gasteiger partial charge on any atom is -0.325 e. The molecule has 0 aliphatic heterocycles. The highest BCUT2D eigenvalue weighted by Gasteiger charge is 2.19. The van der Waals surface area contributed by atoms with Crippen LogP contribution in [0.25, 0.3) is 16.6 Å². The molecule has 5 nitrogen and oxygen atoms in total. The fraction of sp³-hybridized carbons (Fsp3) is 0.333. The summed E-state index contributed by atoms with van der Waals surface area (Å²) < 4.78 is 3.90. The van der Waals surface area contributed by atoms with Crippen LogP contribution in [0.3, 0.4) is 0 Å². The van der Waals surface area contributed by atoms with Crippen LogP contribution in [-0.2, 0) is 6.54 Å². The van der Waals surface area contributed by atoms with Gasteiger partial charge < -0.3 is 4.48 Å². The van der Waals surface area contributed by atoms with Crippen LogP contribution >= 0.6 is 0 Å². The molecule has 136 valence electrons. The molecule has 0 spiro atoms. The van der Waals surface area contributed by atoms with Crippen molar-refractivity contribution in [2.45, 2.75) is 20.4 Å². The number of likely N-dealkylation sites (N-methyl/N-ethyl adjacent to an activating group) is 1. The van der Waals surface area contributed by atoms with Gasteiger partial charge in [0.15, 0.2) is 0 Å². The van der Waals surface area contributed by atoms with E-state index in [9.17, 15) is 9.59 Å². The molecular weight excluding hydrogens is 326 g/mol. The lowest BCUT2D eigenvalue weighted by molar-refractivity contribution is -0.906. The van der Waals surface area contributed by atoms with Crippen LogP contribution < -0.4 is 11.2 Å². The van der Waals surface area contributed by atoms with Crippen LogP contribution in [-0.4, -0.2) is 40.3 Å². The monoisotopic (exact) mass is 352 g/mol. The van der Waals surface area contributed by atoms with Crippen LogP contribution in [0.4, 0.5) is 0 Å². The molecule has 0 fully saturated rings. The molecule has 0 atom stereocenters. The summed E-state index contributed by atoms with van der Waals surface area (Å²) in [4.78, 5) is 26.2. The van der Waals surface area contributed by atoms with Crippen molar-refractivity contribution in [3.05, 3.63) is 75.4 Å². The molecule has 1 aromatic heterocycles. The predicted molar refractivity (Wildman–Crippen MR) is 106 cm³/mol. The topological polar surface area (TPSA) is 44.0 Å². The van der Waals surface area contributed by atoms with Gasteiger partial charge in [0, 0.05) is 0 Å². The molecule has 0 N–H and O–H groups in total. The van der Waals surface area contributed by atoms with E-state index in [-0.39, 0.29) is 11.2 Å². The first-order valence-corrected chi connectivity index (χ1v) is 9.14. The second-order valence-corrected chi connectivity index (χ2v) is 6.90. The van der Waals surface area contributed by atoms with Crippen molar-refractivity contribution < 1.29 is 4.48 Å². The third kappa shape index (κ3) is 3.22. The number of fused-ring (bicyclic) bond motifs is 1. The van der Waals surface area contributed by atoms with Crippen LogP contribution in [0.2, 0.25) is 0 Å². The summed E-state index contributed by atoms with van der Waals surface area (Å²) in [6, 6.07) is 16.5. The summed E-state index contributed by atoms with van der Waals surface area (Å²) in [7, 11) is 2.19. The minimum absolute atomic E-state index is 0.267. The first-order valence-electron chi connectivity index (χ1n) is 9.14. The zero-order valence-corrected chi connectivity index (χ0v) is 15.7. The Morgan fingerprint density at radius 1 is 0.885 bits per heavy atom. The van der Waals surface area contributed by atoms with E-state index in [2.05, 4.69) is 20.9 Å². The Balaban J connectivity index is 2.22. The quantitative estimate of drug-likeness (QED) is 0.640. The summed E-state index contributed by atoms with van der Waals surface area (Å²) in [6.45, 7) is 7.74. The Morgan fingerprint density at radius 2 is 1.50 bits per heavy atom. The molecular formula is C21H26N3O2+. The van der Waals surface area contributed by atoms with Crippen LogP contribution in [0.1, 0.15) is 13.8 Å². The number of hydrogen-bond donors (Lipinski definition) is 0. The second kappa shape index (κ2) is 7.30. The van der Waals surface area contributed by atoms with Gasteiger partial charge in [0.2, 0.25) is 0 Å². The number of rotatable bonds is 6. The molecule has 3 aromatic rings. The van der Waals surface area contributed by atoms with Crippen LogP contribution in [0.5, 0.6) is 0 Å². The predicted octanol–water partition coefficient (Wildman–Crippen LogP) is 2.64. The lowest BCUT2D eigenvalue weighted by Gasteiger charge is -2.32. The first kappa shape index (κ1) is 18.1. The summed E-state index contributed by atoms with van der Waals surface area (Å²) in [5.74, 6) is 0. The Kier molecular flexibility index (Phi) is 5.09. The molecule has 0 unspecified atom stereocenters. The van der Waals surface area contributed by atoms with Gasteiger partial charge in [-0.3, -0.25) is 9.36 Å². The van der Waals surface area contributed by atoms with E-state index in [0.717, 1.165) is 24.1 Å². The molecule has 0 aliphatic carbocycles. The molecule has 5 heteroatoms. The third-order valence-corrected chi connectivity index (χ3v) is 5.46. The number of hydrogen-bond acceptors (Lipinski definition) is 2. The highest BCUT2D eigenvalue weighted by molar-refractivity contribution is 5.78. The van der Waals surface area contributed by atoms with Crippen molar-refractivity contribution in [3.63, 3.8) is 0 Å². The second-order valence-electron chi connectivity index (χ2n) is 6.90. The summed E-state index contributed by atoms with van der Waals surface area (Å²) >= 11 is 0. The SMILES string of the molecule is CC[N+](C)(CC)CCn1c(=O)n(-c2ccccc2)c(=O)c2ccccc21. The molecule has 0 saturated carbocycles. The zero-order valence-electron chi connectivity index (χ0n) is 15.7. The summed E-state index contributed by atoms with van der Waals surface area (Å²) in [6.07, 6.45) is 0. The van der Waals surface area contributed by atoms with Crippen molar-refractivity contribution in [2.24, 2.45) is 0 Å². The van der Waals surface area contributed by atoms with E-state index in [4.69, 9.17) is 0 Å². The molecule has 1 heterocycles. The van der Waals surface area contributed by atoms with Crippen LogP contribution in [0, 0.1) is 0 Å². The van der Waals surface area contributed by atoms with Gasteiger partial charge in [-0.05, 0) is 38.1 Å². The van der Waals surface area contributed by atoms with Gasteiger partial charge in [-0.1, -0.05) is 30.3 Å². The van der Waals surface area contributed by atoms with E-state index in [0.29, 0.717) is 23.1 Å². The number of aromatic nitrogens is 2. The lowest BCUT2D eigenvalue weighted by atomic mass is 10.2. The summed E-state index contributed by atoms with van der Waals surface area (Å²) in [5.41, 5.74) is 0.758. The molecule has 26 heavy (non-hydrogen) atoms. The average molecular weight is 352 g/mol. The number of para-hydroxylation sites is 2. The lowest BCUT2D eigenvalue weighted by Crippen LogP contribution is -2.48. The van der Waals surface area contributed by atoms with Gasteiger partial charge in [0.1, 0.15) is 0 Å². The van der Waals surface area contributed by atoms with Gasteiger partial charge in [-0.15, -0.1) is 0 Å². The van der Waals surface area contributed by atoms with Crippen molar-refractivity contribution in [2.75, 3.05) is 26.7 Å². The Hall–Kier alpha value is -2.66. The van der Waals surface area contributed by atoms with Gasteiger partial charge in [0.05, 0.1) is 49.8 Å². The largest absolute Gasteiger partial charge is 0.336 e. The Labute approximate surface area is 153 Å². The molecule has 0 radical (unpaired) electrons. The van der Waals surface area contributed by atoms with Crippen molar-refractivity contribution in [3.8, 4) is 5.69 Å². The fourth-order valence-electron chi connectivity index (χ4n) is 3.22. The fourth-order valence-corrected chi connectivity index (χ4v) is 3.22. The maximum atomic E-state index is 13.2. The van der Waals surface area contributed by atoms with Crippen molar-refractivity contribution in [1.82, 2.24) is 9.13 Å². The van der Waals surface area contributed by atoms with Gasteiger partial charge in [0.25, 0.3) is 5.56 Å². The highest BCUT2D eigenvalue weighted by Crippen LogP contribution is 2.11. The van der Waals surface area contributed by atoms with Gasteiger partial charge in [-0.2, -0.15) is 0 Å². The molecule has 2 aromatic carbocycles. The number of quaternary nitrogens is 1. The molecule has 0 aliphatic rings. The standard InChI is InChI=1S/C21H26N3O2/c1-4-24(3,5-2)16-15-22-19-14-10-9-13-18(19)20(25)23(21(22)26)17-11-7-6-8-12-17/h6-14H,4-5,15-16H2,1-3H3/q+1. The average Bonchev–Trinajstić information content (AvgIpc) is 2.68. The first-order chi connectivity index (χ1) is 12.5. The maximum absolute atomic E-state index is 13.2. The molecule has 0 bridgehead atoms. The van der Waals surface area contributed by atoms with E-state index in [1.165, 1.54) is 4.57 Å². The minimum atomic E-state index is -0.279. The van der Waals surface area contributed by atoms with E-state index >= 15 is 0 Å².